The fourth-order valence-corrected chi connectivity index (χ4v) is 3.12. The summed E-state index contributed by atoms with van der Waals surface area (Å²) in [6.45, 7) is 6.83. The van der Waals surface area contributed by atoms with Gasteiger partial charge in [-0.3, -0.25) is 0 Å². The van der Waals surface area contributed by atoms with Crippen molar-refractivity contribution in [2.24, 2.45) is 4.99 Å². The number of carbonyl (C=O) groups excluding carboxylic acids is 1. The second-order valence-electron chi connectivity index (χ2n) is 5.47. The number of guanidine groups is 1. The van der Waals surface area contributed by atoms with Gasteiger partial charge in [0.2, 0.25) is 0 Å². The van der Waals surface area contributed by atoms with Crippen LogP contribution in [-0.2, 0) is 17.5 Å². The third-order valence-electron chi connectivity index (χ3n) is 3.65. The summed E-state index contributed by atoms with van der Waals surface area (Å²) in [5.74, 6) is 0.597. The van der Waals surface area contributed by atoms with Crippen LogP contribution in [0.25, 0.3) is 0 Å². The molecule has 0 spiro atoms. The largest absolute Gasteiger partial charge is 0.450 e. The molecule has 1 amide bonds. The molecule has 12 heteroatoms. The average molecular weight is 521 g/mol. The zero-order valence-corrected chi connectivity index (χ0v) is 18.2. The molecular weight excluding hydrogens is 498 g/mol. The van der Waals surface area contributed by atoms with Crippen molar-refractivity contribution in [1.29, 1.82) is 0 Å². The first kappa shape index (κ1) is 23.7. The van der Waals surface area contributed by atoms with Gasteiger partial charge < -0.3 is 19.9 Å². The van der Waals surface area contributed by atoms with Crippen LogP contribution in [0, 0.1) is 0 Å². The summed E-state index contributed by atoms with van der Waals surface area (Å²) in [5, 5.41) is 4.42. The Balaban J connectivity index is 0.00000364. The van der Waals surface area contributed by atoms with Crippen LogP contribution in [-0.4, -0.2) is 66.2 Å². The summed E-state index contributed by atoms with van der Waals surface area (Å²) >= 11 is 0.939. The summed E-state index contributed by atoms with van der Waals surface area (Å²) in [6, 6.07) is 0. The third-order valence-corrected chi connectivity index (χ3v) is 4.48. The zero-order valence-electron chi connectivity index (χ0n) is 15.1. The Morgan fingerprint density at radius 3 is 2.44 bits per heavy atom. The van der Waals surface area contributed by atoms with E-state index in [0.29, 0.717) is 50.3 Å². The molecule has 2 rings (SSSR count). The molecule has 1 aliphatic heterocycles. The fraction of sp³-hybridized carbons (Fsp3) is 0.667. The van der Waals surface area contributed by atoms with E-state index in [0.717, 1.165) is 16.7 Å². The maximum absolute atomic E-state index is 12.6. The van der Waals surface area contributed by atoms with Crippen LogP contribution in [0.3, 0.4) is 0 Å². The first-order valence-corrected chi connectivity index (χ1v) is 9.19. The molecule has 0 radical (unpaired) electrons. The van der Waals surface area contributed by atoms with Crippen molar-refractivity contribution < 1.29 is 22.7 Å². The number of nitrogens with one attached hydrogen (secondary N) is 1. The molecular formula is C15H23F3IN5O2S. The highest BCUT2D eigenvalue weighted by molar-refractivity contribution is 14.0. The normalized spacial score (nSPS) is 15.4. The fourth-order valence-electron chi connectivity index (χ4n) is 2.40. The van der Waals surface area contributed by atoms with Crippen LogP contribution in [0.15, 0.2) is 10.4 Å². The summed E-state index contributed by atoms with van der Waals surface area (Å²) in [5.41, 5.74) is -0.888. The number of halogens is 4. The molecule has 1 aromatic heterocycles. The minimum Gasteiger partial charge on any atom is -0.450 e. The minimum atomic E-state index is -4.44. The van der Waals surface area contributed by atoms with Crippen molar-refractivity contribution in [2.75, 3.05) is 39.3 Å². The van der Waals surface area contributed by atoms with Crippen molar-refractivity contribution in [3.8, 4) is 0 Å². The Hall–Kier alpha value is -1.31. The van der Waals surface area contributed by atoms with Crippen LogP contribution in [0.2, 0.25) is 0 Å². The third kappa shape index (κ3) is 6.97. The van der Waals surface area contributed by atoms with Gasteiger partial charge in [-0.05, 0) is 13.8 Å². The lowest BCUT2D eigenvalue weighted by Crippen LogP contribution is -2.53. The van der Waals surface area contributed by atoms with Crippen LogP contribution in [0.5, 0.6) is 0 Å². The maximum Gasteiger partial charge on any atom is 0.434 e. The SMILES string of the molecule is CCNC(=NCc1nc(C(F)(F)F)cs1)N1CCN(C(=O)OCC)CC1.I. The van der Waals surface area contributed by atoms with Crippen molar-refractivity contribution >= 4 is 47.4 Å². The summed E-state index contributed by atoms with van der Waals surface area (Å²) in [7, 11) is 0. The van der Waals surface area contributed by atoms with Gasteiger partial charge in [0, 0.05) is 38.1 Å². The first-order chi connectivity index (χ1) is 12.3. The van der Waals surface area contributed by atoms with Gasteiger partial charge in [0.05, 0.1) is 13.2 Å². The van der Waals surface area contributed by atoms with E-state index in [2.05, 4.69) is 15.3 Å². The number of hydrogen-bond acceptors (Lipinski definition) is 5. The van der Waals surface area contributed by atoms with E-state index in [1.165, 1.54) is 0 Å². The number of hydrogen-bond donors (Lipinski definition) is 1. The number of alkyl halides is 3. The molecule has 0 saturated carbocycles. The lowest BCUT2D eigenvalue weighted by molar-refractivity contribution is -0.140. The molecule has 7 nitrogen and oxygen atoms in total. The minimum absolute atomic E-state index is 0. The molecule has 1 fully saturated rings. The van der Waals surface area contributed by atoms with E-state index in [9.17, 15) is 18.0 Å². The zero-order chi connectivity index (χ0) is 19.2. The number of aliphatic imine (C=N–C) groups is 1. The monoisotopic (exact) mass is 521 g/mol. The number of nitrogens with zero attached hydrogens (tertiary/aromatic N) is 4. The predicted octanol–water partition coefficient (Wildman–Crippen LogP) is 3.02. The van der Waals surface area contributed by atoms with Crippen molar-refractivity contribution in [3.63, 3.8) is 0 Å². The molecule has 27 heavy (non-hydrogen) atoms. The number of amides is 1. The molecule has 2 heterocycles. The van der Waals surface area contributed by atoms with Crippen molar-refractivity contribution in [1.82, 2.24) is 20.1 Å². The van der Waals surface area contributed by atoms with Gasteiger partial charge in [-0.2, -0.15) is 13.2 Å². The van der Waals surface area contributed by atoms with E-state index in [1.54, 1.807) is 11.8 Å². The molecule has 0 unspecified atom stereocenters. The molecule has 154 valence electrons. The second-order valence-corrected chi connectivity index (χ2v) is 6.41. The van der Waals surface area contributed by atoms with Gasteiger partial charge in [0.1, 0.15) is 5.01 Å². The van der Waals surface area contributed by atoms with Gasteiger partial charge >= 0.3 is 12.3 Å². The van der Waals surface area contributed by atoms with Crippen molar-refractivity contribution in [2.45, 2.75) is 26.6 Å². The molecule has 1 aliphatic rings. The highest BCUT2D eigenvalue weighted by Crippen LogP contribution is 2.30. The van der Waals surface area contributed by atoms with Crippen LogP contribution in [0.1, 0.15) is 24.5 Å². The number of thiazole rings is 1. The van der Waals surface area contributed by atoms with E-state index >= 15 is 0 Å². The number of ether oxygens (including phenoxy) is 1. The van der Waals surface area contributed by atoms with Crippen molar-refractivity contribution in [3.05, 3.63) is 16.1 Å². The van der Waals surface area contributed by atoms with Gasteiger partial charge in [0.25, 0.3) is 0 Å². The Kier molecular flexibility index (Phi) is 9.56. The lowest BCUT2D eigenvalue weighted by Gasteiger charge is -2.35. The molecule has 0 atom stereocenters. The van der Waals surface area contributed by atoms with E-state index in [1.807, 2.05) is 11.8 Å². The number of carbonyl (C=O) groups is 1. The standard InChI is InChI=1S/C15H22F3N5O2S.HI/c1-3-19-13(20-9-12-21-11(10-26-12)15(16,17)18)22-5-7-23(8-6-22)14(24)25-4-2;/h10H,3-9H2,1-2H3,(H,19,20);1H. The molecule has 0 aliphatic carbocycles. The predicted molar refractivity (Wildman–Crippen MR) is 108 cm³/mol. The lowest BCUT2D eigenvalue weighted by atomic mass is 10.3. The average Bonchev–Trinajstić information content (AvgIpc) is 3.08. The number of aromatic nitrogens is 1. The summed E-state index contributed by atoms with van der Waals surface area (Å²) in [6.07, 6.45) is -4.77. The molecule has 1 aromatic rings. The van der Waals surface area contributed by atoms with Gasteiger partial charge in [-0.25, -0.2) is 14.8 Å². The van der Waals surface area contributed by atoms with Crippen LogP contribution >= 0.6 is 35.3 Å². The first-order valence-electron chi connectivity index (χ1n) is 8.31. The molecule has 1 saturated heterocycles. The Morgan fingerprint density at radius 1 is 1.30 bits per heavy atom. The summed E-state index contributed by atoms with van der Waals surface area (Å²) in [4.78, 5) is 23.3. The Labute approximate surface area is 177 Å². The number of rotatable bonds is 4. The Bertz CT molecular complexity index is 633. The van der Waals surface area contributed by atoms with Gasteiger partial charge in [0.15, 0.2) is 11.7 Å². The van der Waals surface area contributed by atoms with Gasteiger partial charge in [-0.15, -0.1) is 35.3 Å². The van der Waals surface area contributed by atoms with E-state index in [-0.39, 0.29) is 36.6 Å². The topological polar surface area (TPSA) is 70.1 Å². The molecule has 0 aromatic carbocycles. The quantitative estimate of drug-likeness (QED) is 0.375. The van der Waals surface area contributed by atoms with Crippen LogP contribution < -0.4 is 5.32 Å². The second kappa shape index (κ2) is 10.9. The highest BCUT2D eigenvalue weighted by Gasteiger charge is 2.33. The van der Waals surface area contributed by atoms with E-state index in [4.69, 9.17) is 4.74 Å². The molecule has 0 bridgehead atoms. The van der Waals surface area contributed by atoms with E-state index < -0.39 is 11.9 Å². The number of piperazine rings is 1. The van der Waals surface area contributed by atoms with Crippen LogP contribution in [0.4, 0.5) is 18.0 Å². The smallest absolute Gasteiger partial charge is 0.434 e. The summed E-state index contributed by atoms with van der Waals surface area (Å²) < 4.78 is 42.8. The maximum atomic E-state index is 12.6. The molecule has 1 N–H and O–H groups in total. The Morgan fingerprint density at radius 2 is 1.93 bits per heavy atom. The highest BCUT2D eigenvalue weighted by atomic mass is 127. The van der Waals surface area contributed by atoms with Gasteiger partial charge in [-0.1, -0.05) is 0 Å².